The number of hydrogen-bond acceptors (Lipinski definition) is 7. The number of carboxylic acids is 1. The van der Waals surface area contributed by atoms with Gasteiger partial charge in [-0.3, -0.25) is 0 Å². The second-order valence-electron chi connectivity index (χ2n) is 9.37. The van der Waals surface area contributed by atoms with Crippen LogP contribution in [0.2, 0.25) is 0 Å². The Bertz CT molecular complexity index is 1540. The fourth-order valence-corrected chi connectivity index (χ4v) is 5.70. The highest BCUT2D eigenvalue weighted by molar-refractivity contribution is 7.13. The number of methoxy groups -OCH3 is 1. The molecule has 1 amide bonds. The molecule has 0 spiro atoms. The molecule has 9 nitrogen and oxygen atoms in total. The first-order valence-electron chi connectivity index (χ1n) is 12.6. The van der Waals surface area contributed by atoms with Crippen molar-refractivity contribution in [3.63, 3.8) is 0 Å². The third-order valence-corrected chi connectivity index (χ3v) is 7.85. The Morgan fingerprint density at radius 3 is 2.49 bits per heavy atom. The number of rotatable bonds is 7. The lowest BCUT2D eigenvalue weighted by molar-refractivity contribution is -0.143. The van der Waals surface area contributed by atoms with Crippen LogP contribution < -0.4 is 4.74 Å². The summed E-state index contributed by atoms with van der Waals surface area (Å²) < 4.78 is 52.4. The Hall–Kier alpha value is -4.39. The van der Waals surface area contributed by atoms with E-state index in [9.17, 15) is 27.9 Å². The van der Waals surface area contributed by atoms with E-state index >= 15 is 0 Å². The minimum atomic E-state index is -4.94. The topological polar surface area (TPSA) is 107 Å². The summed E-state index contributed by atoms with van der Waals surface area (Å²) in [4.78, 5) is 29.8. The van der Waals surface area contributed by atoms with Gasteiger partial charge >= 0.3 is 18.2 Å². The molecule has 214 valence electrons. The van der Waals surface area contributed by atoms with Crippen molar-refractivity contribution in [3.05, 3.63) is 82.5 Å². The molecule has 4 heterocycles. The largest absolute Gasteiger partial charge is 0.489 e. The van der Waals surface area contributed by atoms with Crippen LogP contribution >= 0.6 is 11.3 Å². The number of carbonyl (C=O) groups excluding carboxylic acids is 1. The molecule has 0 bridgehead atoms. The number of likely N-dealkylation sites (tertiary alicyclic amines) is 1. The van der Waals surface area contributed by atoms with Crippen LogP contribution in [0.15, 0.2) is 60.1 Å². The van der Waals surface area contributed by atoms with E-state index in [0.29, 0.717) is 46.2 Å². The molecule has 1 fully saturated rings. The summed E-state index contributed by atoms with van der Waals surface area (Å²) in [7, 11) is 1.38. The van der Waals surface area contributed by atoms with E-state index in [1.165, 1.54) is 30.1 Å². The van der Waals surface area contributed by atoms with Crippen LogP contribution in [-0.2, 0) is 17.5 Å². The molecule has 0 atom stereocenters. The van der Waals surface area contributed by atoms with E-state index in [0.717, 1.165) is 18.4 Å². The number of aromatic carboxylic acids is 1. The van der Waals surface area contributed by atoms with Crippen molar-refractivity contribution >= 4 is 23.4 Å². The van der Waals surface area contributed by atoms with Gasteiger partial charge in [0.25, 0.3) is 0 Å². The molecular formula is C28H25F3N4O5S. The van der Waals surface area contributed by atoms with Crippen LogP contribution in [0.4, 0.5) is 18.0 Å². The Balaban J connectivity index is 1.28. The summed E-state index contributed by atoms with van der Waals surface area (Å²) in [5, 5.41) is 14.7. The third kappa shape index (κ3) is 6.04. The number of nitrogens with zero attached hydrogens (tertiary/aromatic N) is 4. The SMILES string of the molecule is COC(=O)N1CCC(c2ccc(OCc3ccsc3-c3cccc(-n4ncc(C(=O)O)c4C(F)(F)F)n3)cc2)CC1. The molecule has 1 N–H and O–H groups in total. The zero-order valence-electron chi connectivity index (χ0n) is 21.8. The molecule has 13 heteroatoms. The summed E-state index contributed by atoms with van der Waals surface area (Å²) >= 11 is 1.36. The Labute approximate surface area is 236 Å². The van der Waals surface area contributed by atoms with E-state index in [4.69, 9.17) is 9.47 Å². The molecule has 5 rings (SSSR count). The predicted octanol–water partition coefficient (Wildman–Crippen LogP) is 6.24. The van der Waals surface area contributed by atoms with Crippen molar-refractivity contribution in [1.82, 2.24) is 19.7 Å². The van der Waals surface area contributed by atoms with Crippen LogP contribution in [0.25, 0.3) is 16.4 Å². The van der Waals surface area contributed by atoms with E-state index in [1.807, 2.05) is 35.7 Å². The number of benzene rings is 1. The predicted molar refractivity (Wildman–Crippen MR) is 143 cm³/mol. The maximum absolute atomic E-state index is 13.7. The van der Waals surface area contributed by atoms with Gasteiger partial charge in [-0.05, 0) is 60.0 Å². The lowest BCUT2D eigenvalue weighted by Crippen LogP contribution is -2.37. The highest BCUT2D eigenvalue weighted by Crippen LogP contribution is 2.35. The minimum Gasteiger partial charge on any atom is -0.489 e. The van der Waals surface area contributed by atoms with Gasteiger partial charge in [0.05, 0.1) is 23.9 Å². The minimum absolute atomic E-state index is 0.157. The quantitative estimate of drug-likeness (QED) is 0.273. The average molecular weight is 587 g/mol. The standard InChI is InChI=1S/C28H25F3N4O5S/c1-39-27(38)34-12-9-18(10-13-34)17-5-7-20(8-6-17)40-16-19-11-14-41-24(19)22-3-2-4-23(33-22)35-25(28(29,30)31)21(15-32-35)26(36)37/h2-8,11,14-15,18H,9-10,12-13,16H2,1H3,(H,36,37). The van der Waals surface area contributed by atoms with Gasteiger partial charge < -0.3 is 19.5 Å². The number of ether oxygens (including phenoxy) is 2. The zero-order valence-corrected chi connectivity index (χ0v) is 22.6. The normalized spacial score (nSPS) is 14.2. The number of hydrogen-bond donors (Lipinski definition) is 1. The van der Waals surface area contributed by atoms with Crippen molar-refractivity contribution in [2.45, 2.75) is 31.5 Å². The number of thiophene rings is 1. The van der Waals surface area contributed by atoms with Gasteiger partial charge in [-0.25, -0.2) is 19.3 Å². The third-order valence-electron chi connectivity index (χ3n) is 6.87. The number of carbonyl (C=O) groups is 2. The van der Waals surface area contributed by atoms with Crippen LogP contribution in [0.1, 0.15) is 45.9 Å². The Morgan fingerprint density at radius 2 is 1.83 bits per heavy atom. The van der Waals surface area contributed by atoms with E-state index < -0.39 is 23.4 Å². The molecule has 0 aliphatic carbocycles. The molecule has 4 aromatic rings. The Morgan fingerprint density at radius 1 is 1.10 bits per heavy atom. The van der Waals surface area contributed by atoms with Crippen LogP contribution in [0, 0.1) is 0 Å². The maximum Gasteiger partial charge on any atom is 0.434 e. The number of carboxylic acid groups (broad SMARTS) is 1. The number of aromatic nitrogens is 3. The molecule has 0 unspecified atom stereocenters. The summed E-state index contributed by atoms with van der Waals surface area (Å²) in [6, 6.07) is 14.2. The van der Waals surface area contributed by atoms with Gasteiger partial charge in [-0.15, -0.1) is 11.3 Å². The molecule has 1 saturated heterocycles. The average Bonchev–Trinajstić information content (AvgIpc) is 3.64. The first-order valence-corrected chi connectivity index (χ1v) is 13.5. The van der Waals surface area contributed by atoms with Crippen molar-refractivity contribution < 1.29 is 37.3 Å². The van der Waals surface area contributed by atoms with E-state index in [-0.39, 0.29) is 18.5 Å². The lowest BCUT2D eigenvalue weighted by Gasteiger charge is -2.31. The first kappa shape index (κ1) is 28.1. The second-order valence-corrected chi connectivity index (χ2v) is 10.3. The number of piperidine rings is 1. The summed E-state index contributed by atoms with van der Waals surface area (Å²) in [5.74, 6) is -0.886. The van der Waals surface area contributed by atoms with Gasteiger partial charge in [0.2, 0.25) is 0 Å². The zero-order chi connectivity index (χ0) is 29.1. The van der Waals surface area contributed by atoms with E-state index in [2.05, 4.69) is 10.1 Å². The van der Waals surface area contributed by atoms with Crippen molar-refractivity contribution in [2.24, 2.45) is 0 Å². The first-order chi connectivity index (χ1) is 19.7. The molecule has 1 aliphatic rings. The summed E-state index contributed by atoms with van der Waals surface area (Å²) in [6.07, 6.45) is -2.89. The molecule has 1 aromatic carbocycles. The van der Waals surface area contributed by atoms with Gasteiger partial charge in [0.1, 0.15) is 17.9 Å². The van der Waals surface area contributed by atoms with E-state index in [1.54, 1.807) is 17.0 Å². The highest BCUT2D eigenvalue weighted by atomic mass is 32.1. The Kier molecular flexibility index (Phi) is 7.97. The molecule has 41 heavy (non-hydrogen) atoms. The van der Waals surface area contributed by atoms with Gasteiger partial charge in [0.15, 0.2) is 11.5 Å². The number of pyridine rings is 1. The molecule has 0 saturated carbocycles. The van der Waals surface area contributed by atoms with Crippen LogP contribution in [-0.4, -0.2) is 57.0 Å². The van der Waals surface area contributed by atoms with Crippen molar-refractivity contribution in [1.29, 1.82) is 0 Å². The lowest BCUT2D eigenvalue weighted by atomic mass is 9.89. The number of alkyl halides is 3. The monoisotopic (exact) mass is 586 g/mol. The summed E-state index contributed by atoms with van der Waals surface area (Å²) in [5.41, 5.74) is 0.0170. The van der Waals surface area contributed by atoms with Gasteiger partial charge in [-0.2, -0.15) is 18.3 Å². The van der Waals surface area contributed by atoms with Crippen LogP contribution in [0.5, 0.6) is 5.75 Å². The van der Waals surface area contributed by atoms with Gasteiger partial charge in [-0.1, -0.05) is 18.2 Å². The fraction of sp³-hybridized carbons (Fsp3) is 0.286. The molecule has 1 aliphatic heterocycles. The smallest absolute Gasteiger partial charge is 0.434 e. The van der Waals surface area contributed by atoms with Crippen molar-refractivity contribution in [2.75, 3.05) is 20.2 Å². The number of amides is 1. The maximum atomic E-state index is 13.7. The highest BCUT2D eigenvalue weighted by Gasteiger charge is 2.41. The molecule has 0 radical (unpaired) electrons. The van der Waals surface area contributed by atoms with Crippen molar-refractivity contribution in [3.8, 4) is 22.1 Å². The summed E-state index contributed by atoms with van der Waals surface area (Å²) in [6.45, 7) is 1.50. The van der Waals surface area contributed by atoms with Gasteiger partial charge in [0, 0.05) is 18.7 Å². The number of halogens is 3. The fourth-order valence-electron chi connectivity index (χ4n) is 4.82. The molecular weight excluding hydrogens is 561 g/mol. The van der Waals surface area contributed by atoms with Crippen LogP contribution in [0.3, 0.4) is 0 Å². The second kappa shape index (κ2) is 11.6. The molecule has 3 aromatic heterocycles.